The Bertz CT molecular complexity index is 1150. The number of urea groups is 1. The number of hydrogen-bond donors (Lipinski definition) is 2. The first kappa shape index (κ1) is 30.5. The summed E-state index contributed by atoms with van der Waals surface area (Å²) in [5.41, 5.74) is 2.19. The number of hydrogen-bond acceptors (Lipinski definition) is 4. The van der Waals surface area contributed by atoms with E-state index in [2.05, 4.69) is 39.4 Å². The first-order valence-electron chi connectivity index (χ1n) is 16.0. The fraction of sp³-hybridized carbons (Fsp3) is 0.588. The lowest BCUT2D eigenvalue weighted by Gasteiger charge is -2.39. The van der Waals surface area contributed by atoms with Crippen molar-refractivity contribution in [3.63, 3.8) is 0 Å². The Labute approximate surface area is 250 Å². The van der Waals surface area contributed by atoms with Gasteiger partial charge in [-0.25, -0.2) is 9.18 Å². The van der Waals surface area contributed by atoms with Gasteiger partial charge in [-0.15, -0.1) is 0 Å². The maximum absolute atomic E-state index is 13.2. The molecule has 0 aromatic heterocycles. The van der Waals surface area contributed by atoms with Crippen LogP contribution < -0.4 is 5.32 Å². The van der Waals surface area contributed by atoms with Crippen LogP contribution in [0.2, 0.25) is 0 Å². The van der Waals surface area contributed by atoms with Gasteiger partial charge in [-0.1, -0.05) is 61.7 Å². The molecule has 7 nitrogen and oxygen atoms in total. The van der Waals surface area contributed by atoms with Gasteiger partial charge in [0.05, 0.1) is 0 Å². The van der Waals surface area contributed by atoms with E-state index < -0.39 is 12.0 Å². The van der Waals surface area contributed by atoms with Gasteiger partial charge < -0.3 is 20.2 Å². The first-order valence-corrected chi connectivity index (χ1v) is 16.0. The van der Waals surface area contributed by atoms with E-state index in [1.807, 2.05) is 17.9 Å². The summed E-state index contributed by atoms with van der Waals surface area (Å²) in [5, 5.41) is 13.3. The third-order valence-electron chi connectivity index (χ3n) is 9.89. The predicted octanol–water partition coefficient (Wildman–Crippen LogP) is 5.57. The molecule has 2 aromatic rings. The first-order chi connectivity index (χ1) is 20.4. The Morgan fingerprint density at radius 1 is 0.976 bits per heavy atom. The Kier molecular flexibility index (Phi) is 10.5. The van der Waals surface area contributed by atoms with Crippen molar-refractivity contribution in [2.75, 3.05) is 39.3 Å². The molecule has 3 aliphatic rings. The second-order valence-electron chi connectivity index (χ2n) is 12.5. The molecule has 2 N–H and O–H groups in total. The van der Waals surface area contributed by atoms with Crippen molar-refractivity contribution in [2.24, 2.45) is 11.8 Å². The number of piperidine rings is 1. The van der Waals surface area contributed by atoms with Crippen molar-refractivity contribution >= 4 is 12.0 Å². The van der Waals surface area contributed by atoms with E-state index in [9.17, 15) is 19.1 Å². The Morgan fingerprint density at radius 2 is 1.67 bits per heavy atom. The van der Waals surface area contributed by atoms with Gasteiger partial charge in [-0.3, -0.25) is 9.69 Å². The number of rotatable bonds is 10. The maximum atomic E-state index is 13.2. The molecule has 3 fully saturated rings. The number of benzene rings is 2. The van der Waals surface area contributed by atoms with Crippen LogP contribution in [0.15, 0.2) is 54.6 Å². The van der Waals surface area contributed by atoms with E-state index in [4.69, 9.17) is 0 Å². The van der Waals surface area contributed by atoms with E-state index in [-0.39, 0.29) is 23.8 Å². The van der Waals surface area contributed by atoms with Crippen molar-refractivity contribution in [3.8, 4) is 0 Å². The van der Waals surface area contributed by atoms with Crippen LogP contribution in [0.5, 0.6) is 0 Å². The summed E-state index contributed by atoms with van der Waals surface area (Å²) in [6.07, 6.45) is 7.39. The number of carboxylic acids is 1. The second kappa shape index (κ2) is 14.5. The van der Waals surface area contributed by atoms with Crippen LogP contribution in [0.3, 0.4) is 0 Å². The van der Waals surface area contributed by atoms with E-state index in [0.717, 1.165) is 76.8 Å². The van der Waals surface area contributed by atoms with Crippen LogP contribution in [0.1, 0.15) is 68.9 Å². The predicted molar refractivity (Wildman–Crippen MR) is 163 cm³/mol. The van der Waals surface area contributed by atoms with Crippen LogP contribution in [-0.2, 0) is 11.3 Å². The SMILES string of the molecule is CCN(C(=O)NCc1ccc(F)cc1)C1CCN(C[C@H]2CN([C@@H](C(=O)O)C3CCCCC3)C[C@@H]2c2ccccc2)CC1. The fourth-order valence-electron chi connectivity index (χ4n) is 7.69. The van der Waals surface area contributed by atoms with Gasteiger partial charge in [0, 0.05) is 57.8 Å². The van der Waals surface area contributed by atoms with Crippen LogP contribution in [0.4, 0.5) is 9.18 Å². The zero-order valence-corrected chi connectivity index (χ0v) is 25.0. The minimum absolute atomic E-state index is 0.0710. The summed E-state index contributed by atoms with van der Waals surface area (Å²) >= 11 is 0. The van der Waals surface area contributed by atoms with Crippen molar-refractivity contribution in [3.05, 3.63) is 71.5 Å². The molecule has 1 aliphatic carbocycles. The lowest BCUT2D eigenvalue weighted by Crippen LogP contribution is -2.51. The smallest absolute Gasteiger partial charge is 0.321 e. The largest absolute Gasteiger partial charge is 0.480 e. The molecule has 2 aliphatic heterocycles. The van der Waals surface area contributed by atoms with Crippen molar-refractivity contribution in [2.45, 2.75) is 76.4 Å². The minimum Gasteiger partial charge on any atom is -0.480 e. The molecule has 2 saturated heterocycles. The fourth-order valence-corrected chi connectivity index (χ4v) is 7.69. The van der Waals surface area contributed by atoms with Crippen molar-refractivity contribution in [1.82, 2.24) is 20.0 Å². The van der Waals surface area contributed by atoms with E-state index in [1.54, 1.807) is 12.1 Å². The lowest BCUT2D eigenvalue weighted by atomic mass is 9.83. The quantitative estimate of drug-likeness (QED) is 0.386. The highest BCUT2D eigenvalue weighted by molar-refractivity contribution is 5.74. The standard InChI is InChI=1S/C34H47FN4O3/c1-2-39(34(42)36-21-25-13-15-29(35)16-14-25)30-17-19-37(20-18-30)22-28-23-38(24-31(28)26-9-5-3-6-10-26)32(33(40)41)27-11-7-4-8-12-27/h3,5-6,9-10,13-16,27-28,30-32H,2,4,7-8,11-12,17-24H2,1H3,(H,36,42)(H,40,41)/t28-,31+,32+/m0/s1. The summed E-state index contributed by atoms with van der Waals surface area (Å²) in [4.78, 5) is 32.3. The van der Waals surface area contributed by atoms with Gasteiger partial charge in [-0.05, 0) is 67.7 Å². The number of amides is 2. The third-order valence-corrected chi connectivity index (χ3v) is 9.89. The maximum Gasteiger partial charge on any atom is 0.321 e. The Balaban J connectivity index is 1.19. The molecule has 3 atom stereocenters. The van der Waals surface area contributed by atoms with Gasteiger partial charge in [0.2, 0.25) is 0 Å². The van der Waals surface area contributed by atoms with E-state index in [0.29, 0.717) is 24.9 Å². The molecule has 1 saturated carbocycles. The number of nitrogens with one attached hydrogen (secondary N) is 1. The molecule has 0 radical (unpaired) electrons. The average Bonchev–Trinajstić information content (AvgIpc) is 3.41. The Morgan fingerprint density at radius 3 is 2.31 bits per heavy atom. The second-order valence-corrected chi connectivity index (χ2v) is 12.5. The van der Waals surface area contributed by atoms with Gasteiger partial charge >= 0.3 is 12.0 Å². The molecule has 0 unspecified atom stereocenters. The number of likely N-dealkylation sites (tertiary alicyclic amines) is 2. The highest BCUT2D eigenvalue weighted by Gasteiger charge is 2.43. The highest BCUT2D eigenvalue weighted by Crippen LogP contribution is 2.38. The Hall–Kier alpha value is -2.97. The number of carboxylic acid groups (broad SMARTS) is 1. The third kappa shape index (κ3) is 7.51. The summed E-state index contributed by atoms with van der Waals surface area (Å²) < 4.78 is 13.2. The van der Waals surface area contributed by atoms with Gasteiger partial charge in [-0.2, -0.15) is 0 Å². The van der Waals surface area contributed by atoms with Crippen LogP contribution in [0, 0.1) is 17.7 Å². The summed E-state index contributed by atoms with van der Waals surface area (Å²) in [5.74, 6) is -0.00305. The van der Waals surface area contributed by atoms with Crippen LogP contribution >= 0.6 is 0 Å². The van der Waals surface area contributed by atoms with Gasteiger partial charge in [0.25, 0.3) is 0 Å². The number of carbonyl (C=O) groups is 2. The molecule has 42 heavy (non-hydrogen) atoms. The molecule has 228 valence electrons. The number of carbonyl (C=O) groups excluding carboxylic acids is 1. The topological polar surface area (TPSA) is 76.1 Å². The van der Waals surface area contributed by atoms with E-state index in [1.165, 1.54) is 24.1 Å². The molecular weight excluding hydrogens is 531 g/mol. The molecule has 5 rings (SSSR count). The lowest BCUT2D eigenvalue weighted by molar-refractivity contribution is -0.145. The van der Waals surface area contributed by atoms with Crippen molar-refractivity contribution in [1.29, 1.82) is 0 Å². The normalized spacial score (nSPS) is 23.5. The van der Waals surface area contributed by atoms with E-state index >= 15 is 0 Å². The van der Waals surface area contributed by atoms with Gasteiger partial charge in [0.1, 0.15) is 11.9 Å². The zero-order valence-electron chi connectivity index (χ0n) is 25.0. The number of nitrogens with zero attached hydrogens (tertiary/aromatic N) is 3. The number of aliphatic carboxylic acids is 1. The molecule has 8 heteroatoms. The van der Waals surface area contributed by atoms with Crippen LogP contribution in [0.25, 0.3) is 0 Å². The molecular formula is C34H47FN4O3. The zero-order chi connectivity index (χ0) is 29.5. The molecule has 2 heterocycles. The molecule has 0 spiro atoms. The summed E-state index contributed by atoms with van der Waals surface area (Å²) in [6.45, 7) is 7.47. The summed E-state index contributed by atoms with van der Waals surface area (Å²) in [7, 11) is 0. The van der Waals surface area contributed by atoms with Crippen LogP contribution in [-0.4, -0.2) is 83.2 Å². The molecule has 2 amide bonds. The highest BCUT2D eigenvalue weighted by atomic mass is 19.1. The minimum atomic E-state index is -0.660. The summed E-state index contributed by atoms with van der Waals surface area (Å²) in [6, 6.07) is 16.6. The molecule has 2 aromatic carbocycles. The number of halogens is 1. The monoisotopic (exact) mass is 578 g/mol. The average molecular weight is 579 g/mol. The molecule has 0 bridgehead atoms. The van der Waals surface area contributed by atoms with Gasteiger partial charge in [0.15, 0.2) is 0 Å². The van der Waals surface area contributed by atoms with Crippen molar-refractivity contribution < 1.29 is 19.1 Å².